The molecule has 0 fully saturated rings. The molecule has 2 heterocycles. The van der Waals surface area contributed by atoms with Gasteiger partial charge in [0.05, 0.1) is 19.6 Å². The van der Waals surface area contributed by atoms with E-state index in [9.17, 15) is 0 Å². The Morgan fingerprint density at radius 3 is 2.50 bits per heavy atom. The first-order valence-corrected chi connectivity index (χ1v) is 7.73. The van der Waals surface area contributed by atoms with E-state index >= 15 is 0 Å². The normalized spacial score (nSPS) is 12.9. The van der Waals surface area contributed by atoms with Crippen LogP contribution in [0.2, 0.25) is 0 Å². The van der Waals surface area contributed by atoms with Crippen LogP contribution in [0.15, 0.2) is 48.7 Å². The second kappa shape index (κ2) is 5.79. The third kappa shape index (κ3) is 2.33. The minimum absolute atomic E-state index is 0. The van der Waals surface area contributed by atoms with Crippen molar-refractivity contribution in [2.24, 2.45) is 0 Å². The SMILES string of the molecule is C[NH+](C)Cc1cn2c3c(cccc13)CCc1ccccc1-2.[Cl-]. The molecule has 4 rings (SSSR count). The quantitative estimate of drug-likeness (QED) is 0.646. The van der Waals surface area contributed by atoms with Gasteiger partial charge in [-0.1, -0.05) is 36.4 Å². The van der Waals surface area contributed by atoms with Crippen molar-refractivity contribution in [1.82, 2.24) is 4.57 Å². The van der Waals surface area contributed by atoms with E-state index in [1.165, 1.54) is 38.2 Å². The standard InChI is InChI=1S/C19H20N2.ClH/c1-20(2)12-16-13-21-18-9-4-3-6-14(18)10-11-15-7-5-8-17(16)19(15)21;/h3-9,13H,10-12H2,1-2H3;1H. The minimum atomic E-state index is 0. The monoisotopic (exact) mass is 312 g/mol. The Bertz CT molecular complexity index is 817. The molecule has 0 radical (unpaired) electrons. The third-order valence-corrected chi connectivity index (χ3v) is 4.45. The van der Waals surface area contributed by atoms with E-state index in [1.54, 1.807) is 0 Å². The van der Waals surface area contributed by atoms with Crippen molar-refractivity contribution in [1.29, 1.82) is 0 Å². The summed E-state index contributed by atoms with van der Waals surface area (Å²) in [5.41, 5.74) is 7.15. The van der Waals surface area contributed by atoms with Crippen molar-refractivity contribution >= 4 is 10.9 Å². The van der Waals surface area contributed by atoms with Crippen LogP contribution in [-0.2, 0) is 19.4 Å². The van der Waals surface area contributed by atoms with Gasteiger partial charge in [-0.25, -0.2) is 0 Å². The van der Waals surface area contributed by atoms with Crippen LogP contribution in [0.4, 0.5) is 0 Å². The minimum Gasteiger partial charge on any atom is -1.00 e. The maximum atomic E-state index is 2.42. The van der Waals surface area contributed by atoms with E-state index in [2.05, 4.69) is 67.3 Å². The van der Waals surface area contributed by atoms with E-state index in [-0.39, 0.29) is 12.4 Å². The van der Waals surface area contributed by atoms with Gasteiger partial charge in [0.25, 0.3) is 0 Å². The Morgan fingerprint density at radius 2 is 1.68 bits per heavy atom. The number of hydrogen-bond donors (Lipinski definition) is 1. The van der Waals surface area contributed by atoms with Gasteiger partial charge in [0.15, 0.2) is 0 Å². The summed E-state index contributed by atoms with van der Waals surface area (Å²) in [7, 11) is 4.43. The van der Waals surface area contributed by atoms with Gasteiger partial charge >= 0.3 is 0 Å². The molecule has 1 aromatic heterocycles. The van der Waals surface area contributed by atoms with Crippen LogP contribution < -0.4 is 17.3 Å². The Labute approximate surface area is 137 Å². The molecule has 0 bridgehead atoms. The van der Waals surface area contributed by atoms with Gasteiger partial charge in [0.2, 0.25) is 0 Å². The molecule has 1 N–H and O–H groups in total. The number of aryl methyl sites for hydroxylation is 2. The molecule has 0 atom stereocenters. The summed E-state index contributed by atoms with van der Waals surface area (Å²) in [6.45, 7) is 1.06. The molecular weight excluding hydrogens is 292 g/mol. The molecule has 1 aliphatic heterocycles. The fourth-order valence-electron chi connectivity index (χ4n) is 3.56. The van der Waals surface area contributed by atoms with Crippen molar-refractivity contribution in [3.8, 4) is 5.69 Å². The van der Waals surface area contributed by atoms with Crippen molar-refractivity contribution in [3.05, 3.63) is 65.4 Å². The number of nitrogens with one attached hydrogen (secondary N) is 1. The largest absolute Gasteiger partial charge is 1.00 e. The van der Waals surface area contributed by atoms with Gasteiger partial charge < -0.3 is 21.9 Å². The first-order valence-electron chi connectivity index (χ1n) is 7.73. The lowest BCUT2D eigenvalue weighted by molar-refractivity contribution is -0.872. The smallest absolute Gasteiger partial charge is 0.104 e. The lowest BCUT2D eigenvalue weighted by Crippen LogP contribution is -3.04. The highest BCUT2D eigenvalue weighted by molar-refractivity contribution is 5.89. The summed E-state index contributed by atoms with van der Waals surface area (Å²) in [5, 5.41) is 1.42. The molecule has 3 heteroatoms. The number of rotatable bonds is 2. The molecule has 2 nitrogen and oxygen atoms in total. The van der Waals surface area contributed by atoms with Crippen LogP contribution in [0.3, 0.4) is 0 Å². The Balaban J connectivity index is 0.00000144. The number of nitrogens with zero attached hydrogens (tertiary/aromatic N) is 1. The highest BCUT2D eigenvalue weighted by Crippen LogP contribution is 2.32. The highest BCUT2D eigenvalue weighted by atomic mass is 35.5. The number of benzene rings is 2. The van der Waals surface area contributed by atoms with Crippen LogP contribution in [0.5, 0.6) is 0 Å². The van der Waals surface area contributed by atoms with Crippen LogP contribution in [0, 0.1) is 0 Å². The lowest BCUT2D eigenvalue weighted by atomic mass is 10.0. The molecule has 22 heavy (non-hydrogen) atoms. The van der Waals surface area contributed by atoms with Crippen molar-refractivity contribution in [3.63, 3.8) is 0 Å². The molecule has 0 spiro atoms. The third-order valence-electron chi connectivity index (χ3n) is 4.45. The molecule has 0 saturated carbocycles. The number of aromatic nitrogens is 1. The summed E-state index contributed by atoms with van der Waals surface area (Å²) < 4.78 is 2.42. The highest BCUT2D eigenvalue weighted by Gasteiger charge is 2.19. The molecule has 3 aromatic rings. The van der Waals surface area contributed by atoms with Crippen molar-refractivity contribution in [2.45, 2.75) is 19.4 Å². The molecule has 0 aliphatic carbocycles. The fraction of sp³-hybridized carbons (Fsp3) is 0.263. The van der Waals surface area contributed by atoms with Gasteiger partial charge in [-0.2, -0.15) is 0 Å². The van der Waals surface area contributed by atoms with Crippen molar-refractivity contribution < 1.29 is 17.3 Å². The zero-order valence-electron chi connectivity index (χ0n) is 13.1. The average Bonchev–Trinajstić information content (AvgIpc) is 2.75. The van der Waals surface area contributed by atoms with Gasteiger partial charge in [-0.15, -0.1) is 0 Å². The molecule has 1 aliphatic rings. The van der Waals surface area contributed by atoms with Gasteiger partial charge in [0.1, 0.15) is 6.54 Å². The van der Waals surface area contributed by atoms with E-state index in [4.69, 9.17) is 0 Å². The van der Waals surface area contributed by atoms with Crippen LogP contribution in [0.1, 0.15) is 16.7 Å². The van der Waals surface area contributed by atoms with E-state index in [0.717, 1.165) is 19.4 Å². The molecular formula is C19H21ClN2. The lowest BCUT2D eigenvalue weighted by Gasteiger charge is -2.08. The number of para-hydroxylation sites is 2. The Morgan fingerprint density at radius 1 is 0.955 bits per heavy atom. The maximum Gasteiger partial charge on any atom is 0.104 e. The maximum absolute atomic E-state index is 2.42. The van der Waals surface area contributed by atoms with E-state index in [1.807, 2.05) is 0 Å². The summed E-state index contributed by atoms with van der Waals surface area (Å²) in [6, 6.07) is 15.6. The number of hydrogen-bond acceptors (Lipinski definition) is 0. The topological polar surface area (TPSA) is 9.37 Å². The average molecular weight is 313 g/mol. The van der Waals surface area contributed by atoms with Gasteiger partial charge in [0, 0.05) is 22.8 Å². The molecule has 114 valence electrons. The van der Waals surface area contributed by atoms with Crippen molar-refractivity contribution in [2.75, 3.05) is 14.1 Å². The first kappa shape index (κ1) is 15.1. The van der Waals surface area contributed by atoms with E-state index in [0.29, 0.717) is 0 Å². The summed E-state index contributed by atoms with van der Waals surface area (Å²) in [6.07, 6.45) is 4.61. The summed E-state index contributed by atoms with van der Waals surface area (Å²) >= 11 is 0. The molecule has 0 unspecified atom stereocenters. The Kier molecular flexibility index (Phi) is 3.98. The number of halogens is 1. The first-order chi connectivity index (χ1) is 10.2. The predicted molar refractivity (Wildman–Crippen MR) is 87.2 cm³/mol. The van der Waals surface area contributed by atoms with Crippen LogP contribution >= 0.6 is 0 Å². The van der Waals surface area contributed by atoms with E-state index < -0.39 is 0 Å². The Hall–Kier alpha value is -1.77. The zero-order chi connectivity index (χ0) is 14.4. The summed E-state index contributed by atoms with van der Waals surface area (Å²) in [4.78, 5) is 1.46. The number of fused-ring (bicyclic) bond motifs is 2. The second-order valence-corrected chi connectivity index (χ2v) is 6.35. The molecule has 2 aromatic carbocycles. The predicted octanol–water partition coefficient (Wildman–Crippen LogP) is -0.622. The van der Waals surface area contributed by atoms with Gasteiger partial charge in [-0.05, 0) is 30.0 Å². The molecule has 0 saturated heterocycles. The van der Waals surface area contributed by atoms with Gasteiger partial charge in [-0.3, -0.25) is 0 Å². The summed E-state index contributed by atoms with van der Waals surface area (Å²) in [5.74, 6) is 0. The molecule has 0 amide bonds. The second-order valence-electron chi connectivity index (χ2n) is 6.35. The van der Waals surface area contributed by atoms with Crippen LogP contribution in [0.25, 0.3) is 16.6 Å². The zero-order valence-corrected chi connectivity index (χ0v) is 13.8. The number of quaternary nitrogens is 1. The fourth-order valence-corrected chi connectivity index (χ4v) is 3.56. The van der Waals surface area contributed by atoms with Crippen LogP contribution in [-0.4, -0.2) is 18.7 Å².